The van der Waals surface area contributed by atoms with E-state index in [1.807, 2.05) is 0 Å². The van der Waals surface area contributed by atoms with Crippen molar-refractivity contribution >= 4 is 29.3 Å². The van der Waals surface area contributed by atoms with Crippen LogP contribution in [0, 0.1) is 0 Å². The number of rotatable bonds is 0. The summed E-state index contributed by atoms with van der Waals surface area (Å²) in [6.07, 6.45) is 0. The molecule has 0 fully saturated rings. The van der Waals surface area contributed by atoms with E-state index in [-0.39, 0.29) is 41.7 Å². The molecule has 1 N–H and O–H groups in total. The third-order valence-corrected chi connectivity index (χ3v) is 0.167. The molecule has 0 bridgehead atoms. The molecule has 0 spiro atoms. The molecule has 9 heavy (non-hydrogen) atoms. The van der Waals surface area contributed by atoms with Crippen LogP contribution in [-0.4, -0.2) is 34.8 Å². The van der Waals surface area contributed by atoms with Crippen molar-refractivity contribution in [3.8, 4) is 0 Å². The molecule has 0 aromatic carbocycles. The first kappa shape index (κ1) is 23.0. The van der Waals surface area contributed by atoms with Gasteiger partial charge in [-0.25, -0.2) is 0 Å². The zero-order valence-corrected chi connectivity index (χ0v) is 5.81. The normalized spacial score (nSPS) is 4.89. The summed E-state index contributed by atoms with van der Waals surface area (Å²) in [5.41, 5.74) is 0. The van der Waals surface area contributed by atoms with Gasteiger partial charge in [-0.05, 0) is 0 Å². The van der Waals surface area contributed by atoms with E-state index in [0.717, 1.165) is 0 Å². The number of carboxylic acid groups (broad SMARTS) is 2. The summed E-state index contributed by atoms with van der Waals surface area (Å²) in [6.45, 7) is 0. The molecule has 0 radical (unpaired) electrons. The van der Waals surface area contributed by atoms with Crippen LogP contribution in [0.5, 0.6) is 0 Å². The molecule has 5 nitrogen and oxygen atoms in total. The van der Waals surface area contributed by atoms with Crippen LogP contribution in [0.3, 0.4) is 0 Å². The van der Waals surface area contributed by atoms with Gasteiger partial charge in [0.1, 0.15) is 0 Å². The van der Waals surface area contributed by atoms with Crippen molar-refractivity contribution in [2.45, 2.75) is 0 Å². The summed E-state index contributed by atoms with van der Waals surface area (Å²) in [4.78, 5) is 17.9. The fraction of sp³-hybridized carbons (Fsp3) is 0. The molecule has 42 valence electrons. The summed E-state index contributed by atoms with van der Waals surface area (Å²) in [5, 5.41) is 17.9. The number of hydrogen-bond donors (Lipinski definition) is 0. The van der Waals surface area contributed by atoms with Crippen molar-refractivity contribution in [1.29, 1.82) is 0 Å². The van der Waals surface area contributed by atoms with Gasteiger partial charge in [-0.1, -0.05) is 0 Å². The summed E-state index contributed by atoms with van der Waals surface area (Å²) in [6, 6.07) is 0. The standard InChI is InChI=1S/C2H2O4.Al.Li.H2O/c3-1(4)2(5)6;;;/h(H,3,4)(H,5,6);;;1H2/q;+3;+1;/p-3. The molecule has 0 saturated carbocycles. The van der Waals surface area contributed by atoms with Crippen LogP contribution >= 0.6 is 0 Å². The van der Waals surface area contributed by atoms with E-state index in [2.05, 4.69) is 0 Å². The molecule has 0 aromatic heterocycles. The van der Waals surface area contributed by atoms with Gasteiger partial charge >= 0.3 is 36.2 Å². The van der Waals surface area contributed by atoms with Crippen LogP contribution in [0.2, 0.25) is 0 Å². The van der Waals surface area contributed by atoms with Gasteiger partial charge in [0, 0.05) is 0 Å². The average Bonchev–Trinajstić information content (AvgIpc) is 1.36. The van der Waals surface area contributed by atoms with E-state index in [4.69, 9.17) is 19.8 Å². The van der Waals surface area contributed by atoms with Crippen molar-refractivity contribution in [1.82, 2.24) is 0 Å². The minimum atomic E-state index is -2.19. The van der Waals surface area contributed by atoms with E-state index < -0.39 is 11.9 Å². The number of carboxylic acids is 2. The quantitative estimate of drug-likeness (QED) is 0.244. The summed E-state index contributed by atoms with van der Waals surface area (Å²) in [7, 11) is 0. The van der Waals surface area contributed by atoms with E-state index in [1.54, 1.807) is 0 Å². The molecule has 0 saturated heterocycles. The first-order valence-electron chi connectivity index (χ1n) is 1.07. The second kappa shape index (κ2) is 10.9. The van der Waals surface area contributed by atoms with Gasteiger partial charge in [0.25, 0.3) is 0 Å². The third-order valence-electron chi connectivity index (χ3n) is 0.167. The maximum absolute atomic E-state index is 8.93. The minimum Gasteiger partial charge on any atom is -0.870 e. The maximum Gasteiger partial charge on any atom is 3.00 e. The van der Waals surface area contributed by atoms with E-state index in [1.165, 1.54) is 0 Å². The summed E-state index contributed by atoms with van der Waals surface area (Å²) >= 11 is 0. The van der Waals surface area contributed by atoms with Gasteiger partial charge in [0.2, 0.25) is 0 Å². The molecule has 0 atom stereocenters. The van der Waals surface area contributed by atoms with Gasteiger partial charge in [-0.3, -0.25) is 0 Å². The van der Waals surface area contributed by atoms with Gasteiger partial charge in [-0.15, -0.1) is 0 Å². The molecule has 0 aromatic rings. The Morgan fingerprint density at radius 3 is 1.11 bits per heavy atom. The maximum atomic E-state index is 8.93. The molecule has 0 amide bonds. The molecular weight excluding hydrogens is 138 g/mol. The van der Waals surface area contributed by atoms with Crippen molar-refractivity contribution < 1.29 is 44.1 Å². The van der Waals surface area contributed by atoms with E-state index >= 15 is 0 Å². The Morgan fingerprint density at radius 2 is 1.11 bits per heavy atom. The van der Waals surface area contributed by atoms with Crippen molar-refractivity contribution in [3.63, 3.8) is 0 Å². The zero-order chi connectivity index (χ0) is 5.15. The molecule has 0 rings (SSSR count). The predicted molar refractivity (Wildman–Crippen MR) is 17.7 cm³/mol. The average molecular weight is 139 g/mol. The zero-order valence-electron chi connectivity index (χ0n) is 4.66. The van der Waals surface area contributed by atoms with Crippen LogP contribution in [0.15, 0.2) is 0 Å². The Morgan fingerprint density at radius 1 is 1.00 bits per heavy atom. The second-order valence-electron chi connectivity index (χ2n) is 0.575. The molecule has 7 heteroatoms. The number of hydrogen-bond acceptors (Lipinski definition) is 5. The van der Waals surface area contributed by atoms with Gasteiger partial charge in [0.15, 0.2) is 0 Å². The van der Waals surface area contributed by atoms with Gasteiger partial charge in [-0.2, -0.15) is 0 Å². The Hall–Kier alpha value is 0.0299. The Kier molecular flexibility index (Phi) is 27.9. The molecule has 0 unspecified atom stereocenters. The Bertz CT molecular complexity index is 81.0. The third kappa shape index (κ3) is 18.0. The molecular formula is C2HAlLiO5+. The van der Waals surface area contributed by atoms with Crippen LogP contribution in [0.4, 0.5) is 0 Å². The van der Waals surface area contributed by atoms with E-state index in [9.17, 15) is 0 Å². The number of carbonyl (C=O) groups excluding carboxylic acids is 2. The van der Waals surface area contributed by atoms with Crippen LogP contribution in [0.1, 0.15) is 0 Å². The van der Waals surface area contributed by atoms with Crippen LogP contribution in [-0.2, 0) is 9.59 Å². The van der Waals surface area contributed by atoms with Crippen LogP contribution in [0.25, 0.3) is 0 Å². The Labute approximate surface area is 73.7 Å². The first-order chi connectivity index (χ1) is 2.64. The monoisotopic (exact) mass is 139 g/mol. The van der Waals surface area contributed by atoms with Crippen molar-refractivity contribution in [3.05, 3.63) is 0 Å². The number of aliphatic carboxylic acids is 2. The first-order valence-corrected chi connectivity index (χ1v) is 1.07. The molecule has 0 aliphatic heterocycles. The van der Waals surface area contributed by atoms with E-state index in [0.29, 0.717) is 0 Å². The SMILES string of the molecule is O=C([O-])C(=O)[O-].[Al+3].[Li+].[OH-]. The Balaban J connectivity index is -0.0000000417. The topological polar surface area (TPSA) is 110 Å². The number of carbonyl (C=O) groups is 2. The minimum absolute atomic E-state index is 0. The van der Waals surface area contributed by atoms with Crippen molar-refractivity contribution in [2.75, 3.05) is 0 Å². The smallest absolute Gasteiger partial charge is 0.870 e. The summed E-state index contributed by atoms with van der Waals surface area (Å²) in [5.74, 6) is -4.37. The predicted octanol–water partition coefficient (Wildman–Crippen LogP) is -7.07. The fourth-order valence-corrected chi connectivity index (χ4v) is 0. The van der Waals surface area contributed by atoms with Crippen molar-refractivity contribution in [2.24, 2.45) is 0 Å². The second-order valence-corrected chi connectivity index (χ2v) is 0.575. The fourth-order valence-electron chi connectivity index (χ4n) is 0. The molecule has 0 aliphatic carbocycles. The molecule has 0 aliphatic rings. The summed E-state index contributed by atoms with van der Waals surface area (Å²) < 4.78 is 0. The van der Waals surface area contributed by atoms with Gasteiger partial charge in [0.05, 0.1) is 11.9 Å². The molecule has 0 heterocycles. The van der Waals surface area contributed by atoms with Gasteiger partial charge < -0.3 is 25.3 Å². The van der Waals surface area contributed by atoms with Crippen LogP contribution < -0.4 is 29.1 Å². The largest absolute Gasteiger partial charge is 3.00 e.